The molecule has 0 aromatic heterocycles. The van der Waals surface area contributed by atoms with Crippen molar-refractivity contribution in [2.45, 2.75) is 51.0 Å². The molecule has 0 spiro atoms. The first-order valence-electron chi connectivity index (χ1n) is 6.51. The van der Waals surface area contributed by atoms with Crippen LogP contribution in [-0.4, -0.2) is 11.2 Å². The Bertz CT molecular complexity index is 247. The molecule has 0 aliphatic heterocycles. The molecule has 0 aromatic rings. The predicted molar refractivity (Wildman–Crippen MR) is 79.5 cm³/mol. The largest absolute Gasteiger partial charge is 2.00 e. The molecule has 0 amide bonds. The zero-order valence-corrected chi connectivity index (χ0v) is 14.6. The molecule has 3 rings (SSSR count). The zero-order chi connectivity index (χ0) is 12.2. The summed E-state index contributed by atoms with van der Waals surface area (Å²) in [6, 6.07) is 0. The van der Waals surface area contributed by atoms with Crippen molar-refractivity contribution in [1.29, 1.82) is 0 Å². The Kier molecular flexibility index (Phi) is 18.2. The van der Waals surface area contributed by atoms with E-state index in [2.05, 4.69) is 24.3 Å². The molecule has 3 aliphatic rings. The van der Waals surface area contributed by atoms with Gasteiger partial charge in [0.15, 0.2) is 0 Å². The Balaban J connectivity index is 0. The Morgan fingerprint density at radius 2 is 1.32 bits per heavy atom. The van der Waals surface area contributed by atoms with Crippen LogP contribution in [0.2, 0.25) is 0 Å². The second kappa shape index (κ2) is 16.1. The molecule has 0 saturated heterocycles. The van der Waals surface area contributed by atoms with Crippen LogP contribution < -0.4 is 0 Å². The van der Waals surface area contributed by atoms with E-state index in [1.54, 1.807) is 0 Å². The number of allylic oxidation sites excluding steroid dienone is 8. The first-order chi connectivity index (χ1) is 8.39. The van der Waals surface area contributed by atoms with Crippen LogP contribution in [0.4, 0.5) is 0 Å². The fourth-order valence-corrected chi connectivity index (χ4v) is 1.76. The normalized spacial score (nSPS) is 18.6. The minimum atomic E-state index is 0. The molecule has 1 fully saturated rings. The number of aliphatic hydroxyl groups is 1. The smallest absolute Gasteiger partial charge is 0.393 e. The summed E-state index contributed by atoms with van der Waals surface area (Å²) in [6.07, 6.45) is 25.9. The minimum Gasteiger partial charge on any atom is -0.393 e. The van der Waals surface area contributed by atoms with Crippen LogP contribution in [0, 0.1) is 12.2 Å². The Morgan fingerprint density at radius 3 is 1.47 bits per heavy atom. The van der Waals surface area contributed by atoms with E-state index in [0.29, 0.717) is 0 Å². The van der Waals surface area contributed by atoms with Gasteiger partial charge in [0.05, 0.1) is 6.10 Å². The molecule has 0 aromatic carbocycles. The van der Waals surface area contributed by atoms with E-state index < -0.39 is 0 Å². The average Bonchev–Trinajstić information content (AvgIpc) is 3.09. The van der Waals surface area contributed by atoms with Crippen molar-refractivity contribution in [2.24, 2.45) is 0 Å². The van der Waals surface area contributed by atoms with E-state index >= 15 is 0 Å². The third kappa shape index (κ3) is 14.3. The maximum absolute atomic E-state index is 8.91. The van der Waals surface area contributed by atoms with E-state index in [1.807, 2.05) is 24.3 Å². The van der Waals surface area contributed by atoms with Gasteiger partial charge in [-0.15, -0.1) is 25.2 Å². The van der Waals surface area contributed by atoms with Gasteiger partial charge in [0.25, 0.3) is 0 Å². The van der Waals surface area contributed by atoms with Crippen molar-refractivity contribution in [3.05, 3.63) is 48.6 Å². The van der Waals surface area contributed by atoms with Crippen LogP contribution in [-0.2, 0) is 26.2 Å². The second-order valence-corrected chi connectivity index (χ2v) is 4.30. The first kappa shape index (κ1) is 21.4. The van der Waals surface area contributed by atoms with Crippen molar-refractivity contribution >= 4 is 12.4 Å². The zero-order valence-electron chi connectivity index (χ0n) is 11.3. The van der Waals surface area contributed by atoms with E-state index in [4.69, 9.17) is 5.11 Å². The maximum Gasteiger partial charge on any atom is 2.00 e. The molecule has 1 saturated carbocycles. The number of halogens is 1. The van der Waals surface area contributed by atoms with Crippen molar-refractivity contribution in [3.63, 3.8) is 0 Å². The van der Waals surface area contributed by atoms with E-state index in [1.165, 1.54) is 19.3 Å². The first-order valence-corrected chi connectivity index (χ1v) is 6.51. The fourth-order valence-electron chi connectivity index (χ4n) is 1.76. The van der Waals surface area contributed by atoms with E-state index in [-0.39, 0.29) is 44.7 Å². The predicted octanol–water partition coefficient (Wildman–Crippen LogP) is 4.34. The molecule has 1 nitrogen and oxygen atoms in total. The van der Waals surface area contributed by atoms with E-state index in [0.717, 1.165) is 25.7 Å². The molecular weight excluding hydrogens is 335 g/mol. The molecule has 0 heterocycles. The van der Waals surface area contributed by atoms with Crippen molar-refractivity contribution in [2.75, 3.05) is 0 Å². The van der Waals surface area contributed by atoms with Crippen LogP contribution in [0.15, 0.2) is 36.5 Å². The van der Waals surface area contributed by atoms with E-state index in [9.17, 15) is 0 Å². The Morgan fingerprint density at radius 1 is 0.842 bits per heavy atom. The molecule has 3 heteroatoms. The molecular formula is C16H23ClOZr. The third-order valence-electron chi connectivity index (χ3n) is 2.75. The summed E-state index contributed by atoms with van der Waals surface area (Å²) in [6.45, 7) is 0. The van der Waals surface area contributed by atoms with Crippen LogP contribution in [0.3, 0.4) is 0 Å². The van der Waals surface area contributed by atoms with Crippen LogP contribution in [0.1, 0.15) is 44.9 Å². The Labute approximate surface area is 143 Å². The average molecular weight is 358 g/mol. The number of rotatable bonds is 0. The molecule has 0 radical (unpaired) electrons. The molecule has 19 heavy (non-hydrogen) atoms. The van der Waals surface area contributed by atoms with Crippen LogP contribution in [0.5, 0.6) is 0 Å². The summed E-state index contributed by atoms with van der Waals surface area (Å²) in [7, 11) is 0. The molecule has 0 unspecified atom stereocenters. The summed E-state index contributed by atoms with van der Waals surface area (Å²) < 4.78 is 0. The summed E-state index contributed by atoms with van der Waals surface area (Å²) in [4.78, 5) is 0. The second-order valence-electron chi connectivity index (χ2n) is 4.30. The summed E-state index contributed by atoms with van der Waals surface area (Å²) >= 11 is 0. The van der Waals surface area contributed by atoms with Crippen molar-refractivity contribution in [3.8, 4) is 0 Å². The minimum absolute atomic E-state index is 0. The topological polar surface area (TPSA) is 20.2 Å². The van der Waals surface area contributed by atoms with Crippen LogP contribution >= 0.6 is 12.4 Å². The van der Waals surface area contributed by atoms with Gasteiger partial charge < -0.3 is 5.11 Å². The summed E-state index contributed by atoms with van der Waals surface area (Å²) in [5.74, 6) is 0. The Hall–Kier alpha value is 0.0931. The monoisotopic (exact) mass is 356 g/mol. The van der Waals surface area contributed by atoms with Gasteiger partial charge in [-0.3, -0.25) is 12.2 Å². The van der Waals surface area contributed by atoms with Gasteiger partial charge in [0, 0.05) is 0 Å². The van der Waals surface area contributed by atoms with Crippen LogP contribution in [0.25, 0.3) is 0 Å². The summed E-state index contributed by atoms with van der Waals surface area (Å²) in [5.41, 5.74) is 0. The van der Waals surface area contributed by atoms with Gasteiger partial charge in [0.1, 0.15) is 0 Å². The van der Waals surface area contributed by atoms with Crippen molar-refractivity contribution < 1.29 is 31.3 Å². The number of aliphatic hydroxyl groups excluding tert-OH is 1. The van der Waals surface area contributed by atoms with Gasteiger partial charge in [-0.2, -0.15) is 12.2 Å². The number of hydrogen-bond donors (Lipinski definition) is 1. The third-order valence-corrected chi connectivity index (χ3v) is 2.75. The standard InChI is InChI=1S/C6H12O.2C5H5.ClH.Zr/c7-6-4-2-1-3-5-6;2*1-2-4-5-3-1;;/h6-7H,1-5H2;2*1-3H,4H2;1H;/q;2*-1;;+2. The molecule has 0 bridgehead atoms. The molecule has 0 atom stereocenters. The van der Waals surface area contributed by atoms with Gasteiger partial charge in [-0.25, -0.2) is 24.3 Å². The molecule has 3 aliphatic carbocycles. The SMILES string of the molecule is Cl.OC1CCCCC1.[C-]1=CC=CC1.[C-]1=CC=CC1.[Zr+2]. The quantitative estimate of drug-likeness (QED) is 0.639. The van der Waals surface area contributed by atoms with Gasteiger partial charge in [0.2, 0.25) is 0 Å². The summed E-state index contributed by atoms with van der Waals surface area (Å²) in [5, 5.41) is 8.91. The molecule has 1 N–H and O–H groups in total. The van der Waals surface area contributed by atoms with Gasteiger partial charge >= 0.3 is 26.2 Å². The van der Waals surface area contributed by atoms with Gasteiger partial charge in [-0.1, -0.05) is 19.3 Å². The molecule has 104 valence electrons. The fraction of sp³-hybridized carbons (Fsp3) is 0.500. The van der Waals surface area contributed by atoms with Crippen molar-refractivity contribution in [1.82, 2.24) is 0 Å². The maximum atomic E-state index is 8.91. The number of hydrogen-bond acceptors (Lipinski definition) is 1. The van der Waals surface area contributed by atoms with Gasteiger partial charge in [-0.05, 0) is 12.8 Å².